The molecule has 0 atom stereocenters. The molecule has 1 N–H and O–H groups in total. The molecule has 2 rings (SSSR count). The normalized spacial score (nSPS) is 10.8. The molecule has 0 unspecified atom stereocenters. The van der Waals surface area contributed by atoms with Crippen LogP contribution in [0.1, 0.15) is 36.4 Å². The minimum atomic E-state index is 0.912. The molecule has 21 heavy (non-hydrogen) atoms. The van der Waals surface area contributed by atoms with Crippen molar-refractivity contribution in [2.45, 2.75) is 39.8 Å². The maximum atomic E-state index is 4.81. The van der Waals surface area contributed by atoms with Gasteiger partial charge in [0, 0.05) is 24.2 Å². The van der Waals surface area contributed by atoms with Crippen molar-refractivity contribution in [3.8, 4) is 0 Å². The molecule has 0 aliphatic carbocycles. The summed E-state index contributed by atoms with van der Waals surface area (Å²) in [5.41, 5.74) is 2.52. The lowest BCUT2D eigenvalue weighted by molar-refractivity contribution is 0.722. The van der Waals surface area contributed by atoms with Gasteiger partial charge in [0.25, 0.3) is 0 Å². The fourth-order valence-electron chi connectivity index (χ4n) is 2.30. The quantitative estimate of drug-likeness (QED) is 0.803. The molecule has 0 amide bonds. The molecule has 0 fully saturated rings. The number of aryl methyl sites for hydroxylation is 1. The molecule has 2 aromatic rings. The average molecular weight is 303 g/mol. The van der Waals surface area contributed by atoms with Crippen molar-refractivity contribution < 1.29 is 0 Å². The summed E-state index contributed by atoms with van der Waals surface area (Å²) in [6.45, 7) is 7.16. The lowest BCUT2D eigenvalue weighted by atomic mass is 10.1. The molecule has 0 saturated carbocycles. The Balaban J connectivity index is 2.17. The first kappa shape index (κ1) is 16.0. The zero-order valence-electron chi connectivity index (χ0n) is 13.2. The van der Waals surface area contributed by atoms with Crippen molar-refractivity contribution in [3.05, 3.63) is 45.8 Å². The average Bonchev–Trinajstić information content (AvgIpc) is 2.98. The van der Waals surface area contributed by atoms with E-state index in [4.69, 9.17) is 4.98 Å². The molecule has 114 valence electrons. The van der Waals surface area contributed by atoms with Gasteiger partial charge in [0.15, 0.2) is 0 Å². The number of rotatable bonds is 8. The molecule has 0 aromatic carbocycles. The Morgan fingerprint density at radius 2 is 2.14 bits per heavy atom. The van der Waals surface area contributed by atoms with Gasteiger partial charge in [-0.2, -0.15) is 0 Å². The van der Waals surface area contributed by atoms with E-state index in [-0.39, 0.29) is 0 Å². The molecular formula is C17H25N3S. The summed E-state index contributed by atoms with van der Waals surface area (Å²) < 4.78 is 0. The van der Waals surface area contributed by atoms with Gasteiger partial charge >= 0.3 is 0 Å². The van der Waals surface area contributed by atoms with E-state index in [0.717, 1.165) is 38.3 Å². The standard InChI is InChI=1S/C17H25N3S/c1-4-7-15-10-14(12-18-5-2)11-17(19-15)20(3)13-16-8-6-9-21-16/h6,8-11,18H,4-5,7,12-13H2,1-3H3. The van der Waals surface area contributed by atoms with Crippen LogP contribution in [-0.4, -0.2) is 18.6 Å². The van der Waals surface area contributed by atoms with Crippen LogP contribution in [0.5, 0.6) is 0 Å². The second-order valence-corrected chi connectivity index (χ2v) is 6.32. The molecule has 3 nitrogen and oxygen atoms in total. The lowest BCUT2D eigenvalue weighted by Crippen LogP contribution is -2.19. The highest BCUT2D eigenvalue weighted by Crippen LogP contribution is 2.19. The van der Waals surface area contributed by atoms with Crippen LogP contribution < -0.4 is 10.2 Å². The fourth-order valence-corrected chi connectivity index (χ4v) is 3.06. The van der Waals surface area contributed by atoms with E-state index in [0.29, 0.717) is 0 Å². The van der Waals surface area contributed by atoms with Gasteiger partial charge in [-0.15, -0.1) is 11.3 Å². The first-order valence-electron chi connectivity index (χ1n) is 7.67. The molecule has 0 aliphatic heterocycles. The van der Waals surface area contributed by atoms with Gasteiger partial charge < -0.3 is 10.2 Å². The zero-order chi connectivity index (χ0) is 15.1. The van der Waals surface area contributed by atoms with Gasteiger partial charge in [0.1, 0.15) is 5.82 Å². The van der Waals surface area contributed by atoms with Crippen LogP contribution in [0.2, 0.25) is 0 Å². The number of hydrogen-bond acceptors (Lipinski definition) is 4. The van der Waals surface area contributed by atoms with Gasteiger partial charge in [0.05, 0.1) is 6.54 Å². The molecular weight excluding hydrogens is 278 g/mol. The van der Waals surface area contributed by atoms with Crippen molar-refractivity contribution >= 4 is 17.2 Å². The summed E-state index contributed by atoms with van der Waals surface area (Å²) >= 11 is 1.80. The summed E-state index contributed by atoms with van der Waals surface area (Å²) in [4.78, 5) is 8.42. The molecule has 0 saturated heterocycles. The van der Waals surface area contributed by atoms with Gasteiger partial charge in [-0.25, -0.2) is 4.98 Å². The van der Waals surface area contributed by atoms with Gasteiger partial charge in [-0.3, -0.25) is 0 Å². The monoisotopic (exact) mass is 303 g/mol. The predicted molar refractivity (Wildman–Crippen MR) is 92.0 cm³/mol. The maximum absolute atomic E-state index is 4.81. The Hall–Kier alpha value is -1.39. The fraction of sp³-hybridized carbons (Fsp3) is 0.471. The number of thiophene rings is 1. The maximum Gasteiger partial charge on any atom is 0.129 e. The van der Waals surface area contributed by atoms with Gasteiger partial charge in [0.2, 0.25) is 0 Å². The first-order chi connectivity index (χ1) is 10.2. The Morgan fingerprint density at radius 1 is 1.29 bits per heavy atom. The van der Waals surface area contributed by atoms with Crippen molar-refractivity contribution in [1.29, 1.82) is 0 Å². The SMILES string of the molecule is CCCc1cc(CNCC)cc(N(C)Cc2cccs2)n1. The Bertz CT molecular complexity index is 537. The number of nitrogens with zero attached hydrogens (tertiary/aromatic N) is 2. The second-order valence-electron chi connectivity index (χ2n) is 5.29. The van der Waals surface area contributed by atoms with Crippen molar-refractivity contribution in [2.24, 2.45) is 0 Å². The summed E-state index contributed by atoms with van der Waals surface area (Å²) in [7, 11) is 2.12. The molecule has 0 aliphatic rings. The third kappa shape index (κ3) is 4.83. The van der Waals surface area contributed by atoms with Crippen LogP contribution in [0.3, 0.4) is 0 Å². The van der Waals surface area contributed by atoms with Crippen LogP contribution in [0, 0.1) is 0 Å². The van der Waals surface area contributed by atoms with E-state index in [2.05, 4.69) is 60.8 Å². The number of anilines is 1. The van der Waals surface area contributed by atoms with E-state index < -0.39 is 0 Å². The highest BCUT2D eigenvalue weighted by Gasteiger charge is 2.08. The van der Waals surface area contributed by atoms with Crippen molar-refractivity contribution in [3.63, 3.8) is 0 Å². The van der Waals surface area contributed by atoms with Crippen LogP contribution in [0.15, 0.2) is 29.6 Å². The second kappa shape index (κ2) is 8.15. The molecule has 2 aromatic heterocycles. The van der Waals surface area contributed by atoms with Crippen LogP contribution >= 0.6 is 11.3 Å². The van der Waals surface area contributed by atoms with Crippen LogP contribution in [-0.2, 0) is 19.5 Å². The Morgan fingerprint density at radius 3 is 2.81 bits per heavy atom. The van der Waals surface area contributed by atoms with Crippen molar-refractivity contribution in [2.75, 3.05) is 18.5 Å². The first-order valence-corrected chi connectivity index (χ1v) is 8.55. The largest absolute Gasteiger partial charge is 0.355 e. The van der Waals surface area contributed by atoms with Gasteiger partial charge in [-0.05, 0) is 42.1 Å². The van der Waals surface area contributed by atoms with E-state index in [9.17, 15) is 0 Å². The molecule has 0 radical (unpaired) electrons. The molecule has 0 spiro atoms. The van der Waals surface area contributed by atoms with Crippen LogP contribution in [0.25, 0.3) is 0 Å². The van der Waals surface area contributed by atoms with Crippen molar-refractivity contribution in [1.82, 2.24) is 10.3 Å². The van der Waals surface area contributed by atoms with Crippen LogP contribution in [0.4, 0.5) is 5.82 Å². The topological polar surface area (TPSA) is 28.2 Å². The lowest BCUT2D eigenvalue weighted by Gasteiger charge is -2.19. The number of pyridine rings is 1. The Kier molecular flexibility index (Phi) is 6.21. The van der Waals surface area contributed by atoms with Gasteiger partial charge in [-0.1, -0.05) is 26.3 Å². The summed E-state index contributed by atoms with van der Waals surface area (Å²) in [5.74, 6) is 1.07. The number of nitrogens with one attached hydrogen (secondary N) is 1. The third-order valence-electron chi connectivity index (χ3n) is 3.37. The smallest absolute Gasteiger partial charge is 0.129 e. The predicted octanol–water partition coefficient (Wildman–Crippen LogP) is 3.84. The number of hydrogen-bond donors (Lipinski definition) is 1. The zero-order valence-corrected chi connectivity index (χ0v) is 14.0. The molecule has 0 bridgehead atoms. The van der Waals surface area contributed by atoms with E-state index in [1.165, 1.54) is 16.1 Å². The highest BCUT2D eigenvalue weighted by molar-refractivity contribution is 7.09. The summed E-state index contributed by atoms with van der Waals surface area (Å²) in [6.07, 6.45) is 2.17. The summed E-state index contributed by atoms with van der Waals surface area (Å²) in [6, 6.07) is 8.71. The molecule has 2 heterocycles. The highest BCUT2D eigenvalue weighted by atomic mass is 32.1. The minimum Gasteiger partial charge on any atom is -0.355 e. The third-order valence-corrected chi connectivity index (χ3v) is 4.24. The van der Waals surface area contributed by atoms with E-state index in [1.54, 1.807) is 11.3 Å². The van der Waals surface area contributed by atoms with E-state index >= 15 is 0 Å². The van der Waals surface area contributed by atoms with E-state index in [1.807, 2.05) is 0 Å². The Labute approximate surface area is 132 Å². The number of aromatic nitrogens is 1. The molecule has 4 heteroatoms. The minimum absolute atomic E-state index is 0.912. The summed E-state index contributed by atoms with van der Waals surface area (Å²) in [5, 5.41) is 5.53.